The Balaban J connectivity index is 1.73. The van der Waals surface area contributed by atoms with Gasteiger partial charge in [-0.25, -0.2) is 4.79 Å². The van der Waals surface area contributed by atoms with Gasteiger partial charge in [0.2, 0.25) is 0 Å². The third-order valence-electron chi connectivity index (χ3n) is 3.02. The Kier molecular flexibility index (Phi) is 2.91. The quantitative estimate of drug-likeness (QED) is 0.696. The Morgan fingerprint density at radius 2 is 2.21 bits per heavy atom. The lowest BCUT2D eigenvalue weighted by Crippen LogP contribution is -2.39. The van der Waals surface area contributed by atoms with Crippen molar-refractivity contribution in [2.24, 2.45) is 5.92 Å². The fourth-order valence-corrected chi connectivity index (χ4v) is 1.93. The van der Waals surface area contributed by atoms with Crippen LogP contribution in [0.2, 0.25) is 0 Å². The highest BCUT2D eigenvalue weighted by molar-refractivity contribution is 5.75. The lowest BCUT2D eigenvalue weighted by atomic mass is 10.1. The molecule has 1 heterocycles. The summed E-state index contributed by atoms with van der Waals surface area (Å²) in [6, 6.07) is 0.535. The first-order valence-corrected chi connectivity index (χ1v) is 5.46. The topological polar surface area (TPSA) is 52.6 Å². The summed E-state index contributed by atoms with van der Waals surface area (Å²) in [5, 5.41) is 11.8. The minimum absolute atomic E-state index is 0.0907. The number of carbonyl (C=O) groups is 1. The molecule has 0 spiro atoms. The lowest BCUT2D eigenvalue weighted by molar-refractivity contribution is 0.204. The molecule has 4 nitrogen and oxygen atoms in total. The number of nitrogens with one attached hydrogen (secondary N) is 1. The van der Waals surface area contributed by atoms with Gasteiger partial charge >= 0.3 is 6.03 Å². The number of aliphatic hydroxyl groups excluding tert-OH is 1. The van der Waals surface area contributed by atoms with E-state index in [0.717, 1.165) is 38.8 Å². The highest BCUT2D eigenvalue weighted by Crippen LogP contribution is 2.22. The van der Waals surface area contributed by atoms with Crippen molar-refractivity contribution in [1.29, 1.82) is 0 Å². The number of nitrogens with zero attached hydrogens (tertiary/aromatic N) is 1. The maximum atomic E-state index is 11.6. The molecule has 0 aromatic heterocycles. The number of amides is 2. The summed E-state index contributed by atoms with van der Waals surface area (Å²) >= 11 is 0. The molecule has 2 N–H and O–H groups in total. The molecule has 1 aliphatic heterocycles. The van der Waals surface area contributed by atoms with Crippen molar-refractivity contribution in [2.75, 3.05) is 19.7 Å². The summed E-state index contributed by atoms with van der Waals surface area (Å²) in [5.74, 6) is 0.505. The third-order valence-corrected chi connectivity index (χ3v) is 3.02. The molecule has 2 fully saturated rings. The SMILES string of the molecule is O=C(NC1CC1)N1CCC(CCO)C1. The average molecular weight is 198 g/mol. The van der Waals surface area contributed by atoms with Crippen LogP contribution >= 0.6 is 0 Å². The summed E-state index contributed by atoms with van der Waals surface area (Å²) in [4.78, 5) is 13.5. The molecule has 1 unspecified atom stereocenters. The summed E-state index contributed by atoms with van der Waals surface area (Å²) < 4.78 is 0. The monoisotopic (exact) mass is 198 g/mol. The van der Waals surface area contributed by atoms with Gasteiger partial charge in [0.1, 0.15) is 0 Å². The van der Waals surface area contributed by atoms with Gasteiger partial charge in [-0.3, -0.25) is 0 Å². The molecule has 1 aliphatic carbocycles. The minimum atomic E-state index is 0.0907. The molecule has 1 saturated carbocycles. The predicted octanol–water partition coefficient (Wildman–Crippen LogP) is 0.563. The van der Waals surface area contributed by atoms with Crippen LogP contribution in [0.5, 0.6) is 0 Å². The Morgan fingerprint density at radius 3 is 2.86 bits per heavy atom. The Morgan fingerprint density at radius 1 is 1.43 bits per heavy atom. The fraction of sp³-hybridized carbons (Fsp3) is 0.900. The van der Waals surface area contributed by atoms with E-state index in [4.69, 9.17) is 5.11 Å². The first-order chi connectivity index (χ1) is 6.79. The zero-order chi connectivity index (χ0) is 9.97. The zero-order valence-electron chi connectivity index (χ0n) is 8.41. The number of hydrogen-bond acceptors (Lipinski definition) is 2. The van der Waals surface area contributed by atoms with Gasteiger partial charge in [-0.05, 0) is 31.6 Å². The number of urea groups is 1. The van der Waals surface area contributed by atoms with E-state index in [1.807, 2.05) is 4.90 Å². The molecular weight excluding hydrogens is 180 g/mol. The average Bonchev–Trinajstić information content (AvgIpc) is 2.83. The molecule has 2 aliphatic rings. The molecular formula is C10H18N2O2. The molecule has 80 valence electrons. The first kappa shape index (κ1) is 9.77. The molecule has 2 rings (SSSR count). The standard InChI is InChI=1S/C10H18N2O2/c13-6-4-8-3-5-12(7-8)10(14)11-9-1-2-9/h8-9,13H,1-7H2,(H,11,14). The van der Waals surface area contributed by atoms with Crippen LogP contribution < -0.4 is 5.32 Å². The van der Waals surface area contributed by atoms with Gasteiger partial charge in [-0.1, -0.05) is 0 Å². The van der Waals surface area contributed by atoms with Gasteiger partial charge in [-0.2, -0.15) is 0 Å². The van der Waals surface area contributed by atoms with E-state index in [-0.39, 0.29) is 12.6 Å². The van der Waals surface area contributed by atoms with Crippen molar-refractivity contribution in [1.82, 2.24) is 10.2 Å². The van der Waals surface area contributed by atoms with Crippen LogP contribution in [0.25, 0.3) is 0 Å². The van der Waals surface area contributed by atoms with E-state index in [1.165, 1.54) is 0 Å². The van der Waals surface area contributed by atoms with Crippen molar-refractivity contribution in [3.63, 3.8) is 0 Å². The largest absolute Gasteiger partial charge is 0.396 e. The molecule has 4 heteroatoms. The van der Waals surface area contributed by atoms with Gasteiger partial charge in [0.05, 0.1) is 0 Å². The summed E-state index contributed by atoms with van der Waals surface area (Å²) in [6.07, 6.45) is 4.14. The Bertz CT molecular complexity index is 216. The molecule has 14 heavy (non-hydrogen) atoms. The van der Waals surface area contributed by atoms with E-state index >= 15 is 0 Å². The van der Waals surface area contributed by atoms with Crippen LogP contribution in [0.3, 0.4) is 0 Å². The highest BCUT2D eigenvalue weighted by atomic mass is 16.3. The predicted molar refractivity (Wildman–Crippen MR) is 52.9 cm³/mol. The number of likely N-dealkylation sites (tertiary alicyclic amines) is 1. The molecule has 2 amide bonds. The second-order valence-corrected chi connectivity index (χ2v) is 4.34. The van der Waals surface area contributed by atoms with E-state index in [9.17, 15) is 4.79 Å². The maximum absolute atomic E-state index is 11.6. The van der Waals surface area contributed by atoms with Crippen LogP contribution in [-0.4, -0.2) is 41.8 Å². The molecule has 0 bridgehead atoms. The number of carbonyl (C=O) groups excluding carboxylic acids is 1. The van der Waals surface area contributed by atoms with Crippen molar-refractivity contribution < 1.29 is 9.90 Å². The highest BCUT2D eigenvalue weighted by Gasteiger charge is 2.29. The van der Waals surface area contributed by atoms with Gasteiger partial charge < -0.3 is 15.3 Å². The maximum Gasteiger partial charge on any atom is 0.317 e. The van der Waals surface area contributed by atoms with Gasteiger partial charge in [-0.15, -0.1) is 0 Å². The summed E-state index contributed by atoms with van der Waals surface area (Å²) in [5.41, 5.74) is 0. The van der Waals surface area contributed by atoms with Crippen molar-refractivity contribution in [3.05, 3.63) is 0 Å². The van der Waals surface area contributed by atoms with Gasteiger partial charge in [0.15, 0.2) is 0 Å². The minimum Gasteiger partial charge on any atom is -0.396 e. The van der Waals surface area contributed by atoms with Crippen molar-refractivity contribution in [2.45, 2.75) is 31.7 Å². The molecule has 0 aromatic rings. The Hall–Kier alpha value is -0.770. The number of aliphatic hydroxyl groups is 1. The van der Waals surface area contributed by atoms with E-state index < -0.39 is 0 Å². The van der Waals surface area contributed by atoms with Gasteiger partial charge in [0, 0.05) is 25.7 Å². The number of hydrogen-bond donors (Lipinski definition) is 2. The van der Waals surface area contributed by atoms with Crippen molar-refractivity contribution in [3.8, 4) is 0 Å². The molecule has 0 radical (unpaired) electrons. The van der Waals surface area contributed by atoms with Crippen LogP contribution in [0.15, 0.2) is 0 Å². The zero-order valence-corrected chi connectivity index (χ0v) is 8.41. The first-order valence-electron chi connectivity index (χ1n) is 5.46. The fourth-order valence-electron chi connectivity index (χ4n) is 1.93. The normalized spacial score (nSPS) is 26.6. The second-order valence-electron chi connectivity index (χ2n) is 4.34. The molecule has 0 aromatic carbocycles. The third kappa shape index (κ3) is 2.38. The molecule has 1 saturated heterocycles. The summed E-state index contributed by atoms with van der Waals surface area (Å²) in [6.45, 7) is 1.91. The van der Waals surface area contributed by atoms with Crippen LogP contribution in [0.4, 0.5) is 4.79 Å². The lowest BCUT2D eigenvalue weighted by Gasteiger charge is -2.16. The van der Waals surface area contributed by atoms with Crippen LogP contribution in [0.1, 0.15) is 25.7 Å². The van der Waals surface area contributed by atoms with Crippen LogP contribution in [0, 0.1) is 5.92 Å². The van der Waals surface area contributed by atoms with Crippen molar-refractivity contribution >= 4 is 6.03 Å². The van der Waals surface area contributed by atoms with Crippen LogP contribution in [-0.2, 0) is 0 Å². The Labute approximate surface area is 84.3 Å². The van der Waals surface area contributed by atoms with E-state index in [1.54, 1.807) is 0 Å². The van der Waals surface area contributed by atoms with Gasteiger partial charge in [0.25, 0.3) is 0 Å². The smallest absolute Gasteiger partial charge is 0.317 e. The molecule has 1 atom stereocenters. The van der Waals surface area contributed by atoms with E-state index in [2.05, 4.69) is 5.32 Å². The summed E-state index contributed by atoms with van der Waals surface area (Å²) in [7, 11) is 0. The number of rotatable bonds is 3. The van der Waals surface area contributed by atoms with E-state index in [0.29, 0.717) is 12.0 Å². The second kappa shape index (κ2) is 4.17.